The van der Waals surface area contributed by atoms with Gasteiger partial charge >= 0.3 is 6.18 Å². The van der Waals surface area contributed by atoms with Crippen molar-refractivity contribution in [1.82, 2.24) is 14.8 Å². The maximum Gasteiger partial charge on any atom is 0.435 e. The van der Waals surface area contributed by atoms with Crippen molar-refractivity contribution in [3.63, 3.8) is 0 Å². The Balaban J connectivity index is 1.70. The topological polar surface area (TPSA) is 59.8 Å². The van der Waals surface area contributed by atoms with Crippen molar-refractivity contribution in [3.8, 4) is 0 Å². The van der Waals surface area contributed by atoms with Gasteiger partial charge in [-0.05, 0) is 37.6 Å². The molecule has 0 unspecified atom stereocenters. The molecule has 0 saturated carbocycles. The van der Waals surface area contributed by atoms with Crippen LogP contribution < -0.4 is 5.32 Å². The Labute approximate surface area is 151 Å². The molecule has 0 bridgehead atoms. The average Bonchev–Trinajstić information content (AvgIpc) is 3.09. The number of alkyl halides is 3. The number of anilines is 1. The van der Waals surface area contributed by atoms with Gasteiger partial charge in [0.05, 0.1) is 22.7 Å². The highest BCUT2D eigenvalue weighted by molar-refractivity contribution is 7.22. The number of thiazole rings is 1. The standard InChI is InChI=1S/C17H17F3N4OS/c1-9-4-5-12-13(6-9)26-16(21-12)22-15(25)10(2)8-24-11(3)7-14(23-24)17(18,19)20/h4-7,10H,8H2,1-3H3,(H,21,22,25)/t10-/m0/s1. The molecule has 0 radical (unpaired) electrons. The van der Waals surface area contributed by atoms with E-state index in [2.05, 4.69) is 15.4 Å². The van der Waals surface area contributed by atoms with E-state index in [4.69, 9.17) is 0 Å². The van der Waals surface area contributed by atoms with E-state index >= 15 is 0 Å². The Morgan fingerprint density at radius 3 is 2.69 bits per heavy atom. The highest BCUT2D eigenvalue weighted by Crippen LogP contribution is 2.29. The number of hydrogen-bond acceptors (Lipinski definition) is 4. The van der Waals surface area contributed by atoms with Crippen molar-refractivity contribution in [2.45, 2.75) is 33.5 Å². The van der Waals surface area contributed by atoms with E-state index in [1.54, 1.807) is 6.92 Å². The minimum absolute atomic E-state index is 0.0533. The lowest BCUT2D eigenvalue weighted by Gasteiger charge is -2.12. The fraction of sp³-hybridized carbons (Fsp3) is 0.353. The number of fused-ring (bicyclic) bond motifs is 1. The van der Waals surface area contributed by atoms with Gasteiger partial charge in [-0.2, -0.15) is 18.3 Å². The van der Waals surface area contributed by atoms with Crippen molar-refractivity contribution in [2.75, 3.05) is 5.32 Å². The Morgan fingerprint density at radius 1 is 1.31 bits per heavy atom. The Bertz CT molecular complexity index is 961. The summed E-state index contributed by atoms with van der Waals surface area (Å²) in [5.41, 5.74) is 1.29. The molecule has 138 valence electrons. The van der Waals surface area contributed by atoms with E-state index in [0.717, 1.165) is 21.8 Å². The number of aromatic nitrogens is 3. The average molecular weight is 382 g/mol. The highest BCUT2D eigenvalue weighted by Gasteiger charge is 2.34. The lowest BCUT2D eigenvalue weighted by molar-refractivity contribution is -0.141. The zero-order valence-electron chi connectivity index (χ0n) is 14.4. The number of amides is 1. The molecule has 3 rings (SSSR count). The van der Waals surface area contributed by atoms with Crippen LogP contribution in [0.15, 0.2) is 24.3 Å². The minimum atomic E-state index is -4.50. The summed E-state index contributed by atoms with van der Waals surface area (Å²) in [6.45, 7) is 5.20. The molecule has 0 fully saturated rings. The number of nitrogens with zero attached hydrogens (tertiary/aromatic N) is 3. The van der Waals surface area contributed by atoms with Crippen LogP contribution in [0.25, 0.3) is 10.2 Å². The summed E-state index contributed by atoms with van der Waals surface area (Å²) in [5.74, 6) is -0.882. The Hall–Kier alpha value is -2.42. The summed E-state index contributed by atoms with van der Waals surface area (Å²) in [6, 6.07) is 6.78. The van der Waals surface area contributed by atoms with Crippen LogP contribution in [0.4, 0.5) is 18.3 Å². The zero-order chi connectivity index (χ0) is 19.1. The largest absolute Gasteiger partial charge is 0.435 e. The van der Waals surface area contributed by atoms with Crippen molar-refractivity contribution >= 4 is 32.6 Å². The monoisotopic (exact) mass is 382 g/mol. The predicted molar refractivity (Wildman–Crippen MR) is 94.1 cm³/mol. The summed E-state index contributed by atoms with van der Waals surface area (Å²) >= 11 is 1.36. The van der Waals surface area contributed by atoms with E-state index in [1.165, 1.54) is 22.9 Å². The quantitative estimate of drug-likeness (QED) is 0.727. The number of nitrogens with one attached hydrogen (secondary N) is 1. The molecule has 1 aromatic carbocycles. The second-order valence-corrected chi connectivity index (χ2v) is 7.26. The summed E-state index contributed by atoms with van der Waals surface area (Å²) in [7, 11) is 0. The molecule has 0 aliphatic carbocycles. The molecule has 2 heterocycles. The number of carbonyl (C=O) groups is 1. The molecule has 26 heavy (non-hydrogen) atoms. The van der Waals surface area contributed by atoms with E-state index < -0.39 is 17.8 Å². The van der Waals surface area contributed by atoms with E-state index in [1.807, 2.05) is 25.1 Å². The molecule has 1 N–H and O–H groups in total. The lowest BCUT2D eigenvalue weighted by atomic mass is 10.1. The van der Waals surface area contributed by atoms with Crippen LogP contribution in [-0.2, 0) is 17.5 Å². The first-order valence-electron chi connectivity index (χ1n) is 7.93. The van der Waals surface area contributed by atoms with Gasteiger partial charge in [-0.1, -0.05) is 24.3 Å². The SMILES string of the molecule is Cc1ccc2nc(NC(=O)[C@@H](C)Cn3nc(C(F)(F)F)cc3C)sc2c1. The molecular weight excluding hydrogens is 365 g/mol. The van der Waals surface area contributed by atoms with Crippen molar-refractivity contribution < 1.29 is 18.0 Å². The number of halogens is 3. The van der Waals surface area contributed by atoms with Crippen LogP contribution in [-0.4, -0.2) is 20.7 Å². The van der Waals surface area contributed by atoms with Crippen molar-refractivity contribution in [3.05, 3.63) is 41.2 Å². The third-order valence-electron chi connectivity index (χ3n) is 3.94. The summed E-state index contributed by atoms with van der Waals surface area (Å²) in [5, 5.41) is 6.75. The van der Waals surface area contributed by atoms with Gasteiger partial charge < -0.3 is 5.32 Å². The number of aryl methyl sites for hydroxylation is 2. The van der Waals surface area contributed by atoms with E-state index in [-0.39, 0.29) is 12.5 Å². The molecule has 9 heteroatoms. The smallest absolute Gasteiger partial charge is 0.302 e. The van der Waals surface area contributed by atoms with Gasteiger partial charge in [-0.15, -0.1) is 0 Å². The number of carbonyl (C=O) groups excluding carboxylic acids is 1. The zero-order valence-corrected chi connectivity index (χ0v) is 15.2. The van der Waals surface area contributed by atoms with Gasteiger partial charge in [0.15, 0.2) is 10.8 Å². The number of hydrogen-bond donors (Lipinski definition) is 1. The molecule has 0 aliphatic rings. The van der Waals surface area contributed by atoms with E-state index in [9.17, 15) is 18.0 Å². The second kappa shape index (κ2) is 6.71. The molecule has 2 aromatic heterocycles. The summed E-state index contributed by atoms with van der Waals surface area (Å²) in [6.07, 6.45) is -4.50. The van der Waals surface area contributed by atoms with Crippen LogP contribution in [0, 0.1) is 19.8 Å². The first-order valence-corrected chi connectivity index (χ1v) is 8.75. The first-order chi connectivity index (χ1) is 12.1. The maximum absolute atomic E-state index is 12.7. The van der Waals surface area contributed by atoms with Gasteiger partial charge in [0, 0.05) is 5.69 Å². The minimum Gasteiger partial charge on any atom is -0.302 e. The maximum atomic E-state index is 12.7. The molecule has 1 amide bonds. The fourth-order valence-corrected chi connectivity index (χ4v) is 3.46. The molecule has 3 aromatic rings. The van der Waals surface area contributed by atoms with Gasteiger partial charge in [-0.3, -0.25) is 9.48 Å². The van der Waals surface area contributed by atoms with Gasteiger partial charge in [0.2, 0.25) is 5.91 Å². The third kappa shape index (κ3) is 3.87. The summed E-state index contributed by atoms with van der Waals surface area (Å²) in [4.78, 5) is 16.7. The third-order valence-corrected chi connectivity index (χ3v) is 4.87. The van der Waals surface area contributed by atoms with Crippen molar-refractivity contribution in [1.29, 1.82) is 0 Å². The fourth-order valence-electron chi connectivity index (χ4n) is 2.49. The molecule has 0 aliphatic heterocycles. The van der Waals surface area contributed by atoms with Crippen LogP contribution in [0.1, 0.15) is 23.9 Å². The normalized spacial score (nSPS) is 13.2. The van der Waals surface area contributed by atoms with Gasteiger partial charge in [0.1, 0.15) is 0 Å². The number of rotatable bonds is 4. The molecule has 0 spiro atoms. The van der Waals surface area contributed by atoms with E-state index in [0.29, 0.717) is 10.8 Å². The highest BCUT2D eigenvalue weighted by atomic mass is 32.1. The van der Waals surface area contributed by atoms with Gasteiger partial charge in [-0.25, -0.2) is 4.98 Å². The van der Waals surface area contributed by atoms with Crippen LogP contribution in [0.3, 0.4) is 0 Å². The van der Waals surface area contributed by atoms with Crippen LogP contribution >= 0.6 is 11.3 Å². The van der Waals surface area contributed by atoms with Crippen LogP contribution in [0.2, 0.25) is 0 Å². The molecule has 1 atom stereocenters. The molecular formula is C17H17F3N4OS. The Morgan fingerprint density at radius 2 is 2.04 bits per heavy atom. The molecule has 5 nitrogen and oxygen atoms in total. The van der Waals surface area contributed by atoms with Crippen LogP contribution in [0.5, 0.6) is 0 Å². The summed E-state index contributed by atoms with van der Waals surface area (Å²) < 4.78 is 40.4. The second-order valence-electron chi connectivity index (χ2n) is 6.23. The molecule has 0 saturated heterocycles. The first kappa shape index (κ1) is 18.4. The Kier molecular flexibility index (Phi) is 4.74. The lowest BCUT2D eigenvalue weighted by Crippen LogP contribution is -2.25. The predicted octanol–water partition coefficient (Wildman–Crippen LogP) is 4.40. The van der Waals surface area contributed by atoms with Crippen molar-refractivity contribution in [2.24, 2.45) is 5.92 Å². The van der Waals surface area contributed by atoms with Gasteiger partial charge in [0.25, 0.3) is 0 Å². The number of benzene rings is 1.